The minimum absolute atomic E-state index is 0.988. The van der Waals surface area contributed by atoms with E-state index in [9.17, 15) is 9.90 Å². The molecule has 0 spiro atoms. The van der Waals surface area contributed by atoms with Crippen LogP contribution in [0.25, 0.3) is 0 Å². The molecule has 24 heavy (non-hydrogen) atoms. The molecule has 0 saturated carbocycles. The Morgan fingerprint density at radius 3 is 1.62 bits per heavy atom. The molecule has 1 radical (unpaired) electrons. The highest BCUT2D eigenvalue weighted by molar-refractivity contribution is 5.79. The Morgan fingerprint density at radius 1 is 0.625 bits per heavy atom. The van der Waals surface area contributed by atoms with Gasteiger partial charge < -0.3 is 0 Å². The van der Waals surface area contributed by atoms with Crippen molar-refractivity contribution in [3.05, 3.63) is 72.9 Å². The van der Waals surface area contributed by atoms with Crippen molar-refractivity contribution in [2.24, 2.45) is 0 Å². The average molecular weight is 327 g/mol. The highest BCUT2D eigenvalue weighted by Gasteiger charge is 1.88. The highest BCUT2D eigenvalue weighted by Crippen LogP contribution is 2.08. The second-order valence-electron chi connectivity index (χ2n) is 5.56. The molecule has 0 aliphatic heterocycles. The van der Waals surface area contributed by atoms with Crippen LogP contribution in [0.3, 0.4) is 0 Å². The van der Waals surface area contributed by atoms with E-state index in [0.717, 1.165) is 12.5 Å². The molecule has 2 heteroatoms. The van der Waals surface area contributed by atoms with Gasteiger partial charge in [0.25, 0.3) is 0 Å². The minimum Gasteiger partial charge on any atom is -0.242 e. The van der Waals surface area contributed by atoms with Crippen molar-refractivity contribution in [1.29, 1.82) is 0 Å². The Kier molecular flexibility index (Phi) is 17.3. The summed E-state index contributed by atoms with van der Waals surface area (Å²) in [5, 5.41) is 10.1. The third-order valence-electron chi connectivity index (χ3n) is 3.34. The molecule has 131 valence electrons. The number of allylic oxidation sites excluding steroid dienone is 11. The molecule has 0 aliphatic carbocycles. The molecule has 0 saturated heterocycles. The molecular weight excluding hydrogens is 296 g/mol. The zero-order valence-corrected chi connectivity index (χ0v) is 14.9. The highest BCUT2D eigenvalue weighted by atomic mass is 16.4. The molecule has 0 aromatic rings. The smallest absolute Gasteiger partial charge is 0.242 e. The SMILES string of the molecule is CCCCCCCCC/C=C/C=C/C=C/C=C/C=C/C=C/C([O])=O. The summed E-state index contributed by atoms with van der Waals surface area (Å²) in [5.74, 6) is -1.19. The van der Waals surface area contributed by atoms with E-state index in [2.05, 4.69) is 19.1 Å². The van der Waals surface area contributed by atoms with E-state index in [1.165, 1.54) is 51.0 Å². The minimum atomic E-state index is -1.19. The molecule has 0 unspecified atom stereocenters. The van der Waals surface area contributed by atoms with Crippen molar-refractivity contribution in [3.63, 3.8) is 0 Å². The molecule has 2 nitrogen and oxygen atoms in total. The Bertz CT molecular complexity index is 462. The van der Waals surface area contributed by atoms with E-state index in [1.807, 2.05) is 36.5 Å². The summed E-state index contributed by atoms with van der Waals surface area (Å²) in [7, 11) is 0. The molecule has 0 aromatic carbocycles. The second-order valence-corrected chi connectivity index (χ2v) is 5.56. The number of carbonyl (C=O) groups excluding carboxylic acids is 1. The predicted octanol–water partition coefficient (Wildman–Crippen LogP) is 6.42. The van der Waals surface area contributed by atoms with Gasteiger partial charge in [-0.3, -0.25) is 0 Å². The molecule has 0 atom stereocenters. The normalized spacial score (nSPS) is 13.0. The zero-order chi connectivity index (χ0) is 17.7. The molecule has 0 N–H and O–H groups in total. The Balaban J connectivity index is 3.57. The van der Waals surface area contributed by atoms with Gasteiger partial charge in [0.15, 0.2) is 0 Å². The maximum Gasteiger partial charge on any atom is 0.379 e. The van der Waals surface area contributed by atoms with Crippen molar-refractivity contribution in [3.8, 4) is 0 Å². The molecule has 0 aliphatic rings. The topological polar surface area (TPSA) is 37.0 Å². The van der Waals surface area contributed by atoms with E-state index in [0.29, 0.717) is 0 Å². The van der Waals surface area contributed by atoms with E-state index < -0.39 is 5.97 Å². The van der Waals surface area contributed by atoms with Crippen molar-refractivity contribution >= 4 is 5.97 Å². The summed E-state index contributed by atoms with van der Waals surface area (Å²) in [4.78, 5) is 10.1. The first-order valence-corrected chi connectivity index (χ1v) is 8.98. The van der Waals surface area contributed by atoms with Gasteiger partial charge in [-0.1, -0.05) is 112 Å². The van der Waals surface area contributed by atoms with Crippen LogP contribution in [0.1, 0.15) is 58.3 Å². The van der Waals surface area contributed by atoms with Gasteiger partial charge in [0.2, 0.25) is 0 Å². The van der Waals surface area contributed by atoms with Gasteiger partial charge in [0.1, 0.15) is 0 Å². The van der Waals surface area contributed by atoms with Crippen LogP contribution >= 0.6 is 0 Å². The third kappa shape index (κ3) is 19.9. The fourth-order valence-corrected chi connectivity index (χ4v) is 2.04. The molecule has 0 aromatic heterocycles. The lowest BCUT2D eigenvalue weighted by Crippen LogP contribution is -1.80. The first-order chi connectivity index (χ1) is 11.8. The molecule has 0 amide bonds. The van der Waals surface area contributed by atoms with Crippen LogP contribution in [0.4, 0.5) is 0 Å². The summed E-state index contributed by atoms with van der Waals surface area (Å²) in [6, 6.07) is 0. The molecule has 0 fully saturated rings. The molecule has 0 heterocycles. The maximum atomic E-state index is 10.1. The van der Waals surface area contributed by atoms with Crippen molar-refractivity contribution < 1.29 is 9.90 Å². The van der Waals surface area contributed by atoms with Crippen molar-refractivity contribution in [1.82, 2.24) is 0 Å². The standard InChI is InChI=1S/C22H31O2/c1-2-3-4-5-6-7-8-9-10-11-12-13-14-15-16-17-18-19-20-21-22(23)24/h10-21H,2-9H2,1H3/b11-10+,13-12+,15-14+,17-16+,19-18+,21-20+. The summed E-state index contributed by atoms with van der Waals surface area (Å²) in [6.07, 6.45) is 32.4. The summed E-state index contributed by atoms with van der Waals surface area (Å²) >= 11 is 0. The average Bonchev–Trinajstić information content (AvgIpc) is 2.56. The quantitative estimate of drug-likeness (QED) is 0.206. The molecular formula is C22H31O2. The fourth-order valence-electron chi connectivity index (χ4n) is 2.04. The predicted molar refractivity (Wildman–Crippen MR) is 103 cm³/mol. The largest absolute Gasteiger partial charge is 0.379 e. The van der Waals surface area contributed by atoms with E-state index in [4.69, 9.17) is 0 Å². The fraction of sp³-hybridized carbons (Fsp3) is 0.409. The van der Waals surface area contributed by atoms with Crippen LogP contribution in [0.2, 0.25) is 0 Å². The second kappa shape index (κ2) is 19.0. The van der Waals surface area contributed by atoms with Crippen LogP contribution < -0.4 is 0 Å². The lowest BCUT2D eigenvalue weighted by atomic mass is 10.1. The first kappa shape index (κ1) is 21.9. The maximum absolute atomic E-state index is 10.1. The third-order valence-corrected chi connectivity index (χ3v) is 3.34. The summed E-state index contributed by atoms with van der Waals surface area (Å²) in [6.45, 7) is 2.25. The zero-order valence-electron chi connectivity index (χ0n) is 14.9. The Hall–Kier alpha value is -2.09. The number of unbranched alkanes of at least 4 members (excludes halogenated alkanes) is 7. The van der Waals surface area contributed by atoms with Crippen LogP contribution in [-0.2, 0) is 9.90 Å². The summed E-state index contributed by atoms with van der Waals surface area (Å²) < 4.78 is 0. The van der Waals surface area contributed by atoms with Gasteiger partial charge >= 0.3 is 5.97 Å². The Labute approximate surface area is 147 Å². The van der Waals surface area contributed by atoms with Gasteiger partial charge in [0.05, 0.1) is 0 Å². The number of carbonyl (C=O) groups is 1. The van der Waals surface area contributed by atoms with E-state index in [1.54, 1.807) is 12.2 Å². The Morgan fingerprint density at radius 2 is 1.08 bits per heavy atom. The van der Waals surface area contributed by atoms with Crippen LogP contribution in [0.15, 0.2) is 72.9 Å². The lowest BCUT2D eigenvalue weighted by Gasteiger charge is -1.98. The number of hydrogen-bond donors (Lipinski definition) is 0. The monoisotopic (exact) mass is 327 g/mol. The van der Waals surface area contributed by atoms with Crippen molar-refractivity contribution in [2.75, 3.05) is 0 Å². The molecule has 0 bridgehead atoms. The van der Waals surface area contributed by atoms with Gasteiger partial charge in [-0.25, -0.2) is 9.90 Å². The molecule has 0 rings (SSSR count). The van der Waals surface area contributed by atoms with Crippen LogP contribution in [0, 0.1) is 0 Å². The van der Waals surface area contributed by atoms with E-state index in [-0.39, 0.29) is 0 Å². The number of hydrogen-bond acceptors (Lipinski definition) is 1. The van der Waals surface area contributed by atoms with Gasteiger partial charge in [-0.15, -0.1) is 0 Å². The van der Waals surface area contributed by atoms with Crippen LogP contribution in [0.5, 0.6) is 0 Å². The summed E-state index contributed by atoms with van der Waals surface area (Å²) in [5.41, 5.74) is 0. The lowest BCUT2D eigenvalue weighted by molar-refractivity contribution is -0.137. The van der Waals surface area contributed by atoms with E-state index >= 15 is 0 Å². The van der Waals surface area contributed by atoms with Crippen molar-refractivity contribution in [2.45, 2.75) is 58.3 Å². The number of rotatable bonds is 14. The van der Waals surface area contributed by atoms with Gasteiger partial charge in [0, 0.05) is 6.08 Å². The van der Waals surface area contributed by atoms with Crippen LogP contribution in [-0.4, -0.2) is 5.97 Å². The van der Waals surface area contributed by atoms with Gasteiger partial charge in [-0.2, -0.15) is 0 Å². The van der Waals surface area contributed by atoms with Gasteiger partial charge in [-0.05, 0) is 12.8 Å². The first-order valence-electron chi connectivity index (χ1n) is 8.98.